The average molecular weight is 152 g/mol. The molecule has 0 aliphatic rings. The van der Waals surface area contributed by atoms with Crippen molar-refractivity contribution in [3.8, 4) is 5.75 Å². The fourth-order valence-electron chi connectivity index (χ4n) is 0.983. The van der Waals surface area contributed by atoms with Crippen molar-refractivity contribution >= 4 is 0 Å². The van der Waals surface area contributed by atoms with Gasteiger partial charge in [0.25, 0.3) is 0 Å². The first kappa shape index (κ1) is 8.04. The Balaban J connectivity index is 3.06. The molecule has 0 spiro atoms. The van der Waals surface area contributed by atoms with Crippen molar-refractivity contribution in [3.63, 3.8) is 0 Å². The molecule has 3 nitrogen and oxygen atoms in total. The van der Waals surface area contributed by atoms with Crippen molar-refractivity contribution in [2.24, 2.45) is 11.6 Å². The van der Waals surface area contributed by atoms with Crippen LogP contribution < -0.4 is 16.5 Å². The highest BCUT2D eigenvalue weighted by Crippen LogP contribution is 2.17. The van der Waals surface area contributed by atoms with Crippen LogP contribution in [0.1, 0.15) is 11.1 Å². The predicted molar refractivity (Wildman–Crippen MR) is 43.9 cm³/mol. The maximum atomic E-state index is 5.46. The number of hydrogen-bond donors (Lipinski definition) is 2. The molecule has 0 saturated carbocycles. The molecule has 0 radical (unpaired) electrons. The minimum Gasteiger partial charge on any atom is -0.411 e. The zero-order chi connectivity index (χ0) is 8.27. The van der Waals surface area contributed by atoms with Gasteiger partial charge in [-0.15, -0.1) is 0 Å². The van der Waals surface area contributed by atoms with E-state index in [1.165, 1.54) is 0 Å². The Kier molecular flexibility index (Phi) is 2.46. The molecule has 0 atom stereocenters. The van der Waals surface area contributed by atoms with E-state index in [-0.39, 0.29) is 0 Å². The molecular weight excluding hydrogens is 140 g/mol. The Morgan fingerprint density at radius 2 is 2.18 bits per heavy atom. The summed E-state index contributed by atoms with van der Waals surface area (Å²) in [6.45, 7) is 2.45. The van der Waals surface area contributed by atoms with Gasteiger partial charge in [-0.1, -0.05) is 17.7 Å². The number of nitrogens with two attached hydrogens (primary N) is 2. The molecule has 1 aromatic rings. The standard InChI is InChI=1S/C8H12N2O/c1-6-2-3-8(11-10)7(4-6)5-9/h2-4H,5,9-10H2,1H3. The second kappa shape index (κ2) is 3.37. The first-order chi connectivity index (χ1) is 5.27. The lowest BCUT2D eigenvalue weighted by molar-refractivity contribution is 0.331. The Morgan fingerprint density at radius 1 is 1.45 bits per heavy atom. The van der Waals surface area contributed by atoms with Crippen LogP contribution in [0.4, 0.5) is 0 Å². The van der Waals surface area contributed by atoms with Gasteiger partial charge in [-0.05, 0) is 13.0 Å². The van der Waals surface area contributed by atoms with Crippen molar-refractivity contribution in [2.75, 3.05) is 0 Å². The second-order valence-corrected chi connectivity index (χ2v) is 2.43. The topological polar surface area (TPSA) is 61.3 Å². The van der Waals surface area contributed by atoms with Gasteiger partial charge >= 0.3 is 0 Å². The summed E-state index contributed by atoms with van der Waals surface area (Å²) in [6, 6.07) is 5.71. The summed E-state index contributed by atoms with van der Waals surface area (Å²) in [4.78, 5) is 4.61. The molecule has 0 heterocycles. The molecule has 0 unspecified atom stereocenters. The third-order valence-corrected chi connectivity index (χ3v) is 1.56. The van der Waals surface area contributed by atoms with Gasteiger partial charge in [-0.2, -0.15) is 5.90 Å². The second-order valence-electron chi connectivity index (χ2n) is 2.43. The first-order valence-electron chi connectivity index (χ1n) is 3.44. The van der Waals surface area contributed by atoms with Crippen LogP contribution in [0.3, 0.4) is 0 Å². The SMILES string of the molecule is Cc1ccc(ON)c(CN)c1. The number of rotatable bonds is 2. The van der Waals surface area contributed by atoms with Gasteiger partial charge in [0.15, 0.2) is 5.75 Å². The molecule has 0 bridgehead atoms. The van der Waals surface area contributed by atoms with E-state index in [2.05, 4.69) is 4.84 Å². The summed E-state index contributed by atoms with van der Waals surface area (Å²) in [7, 11) is 0. The minimum atomic E-state index is 0.453. The van der Waals surface area contributed by atoms with Gasteiger partial charge in [0.2, 0.25) is 0 Å². The summed E-state index contributed by atoms with van der Waals surface area (Å²) >= 11 is 0. The summed E-state index contributed by atoms with van der Waals surface area (Å²) in [5.74, 6) is 5.67. The number of aryl methyl sites for hydroxylation is 1. The Labute approximate surface area is 65.9 Å². The molecular formula is C8H12N2O. The quantitative estimate of drug-likeness (QED) is 0.613. The van der Waals surface area contributed by atoms with E-state index in [0.29, 0.717) is 12.3 Å². The number of hydrogen-bond acceptors (Lipinski definition) is 3. The fraction of sp³-hybridized carbons (Fsp3) is 0.250. The average Bonchev–Trinajstić information content (AvgIpc) is 2.04. The van der Waals surface area contributed by atoms with Crippen LogP contribution in [0.25, 0.3) is 0 Å². The maximum absolute atomic E-state index is 5.46. The van der Waals surface area contributed by atoms with Crippen LogP contribution in [-0.4, -0.2) is 0 Å². The van der Waals surface area contributed by atoms with Gasteiger partial charge in [0.05, 0.1) is 0 Å². The Bertz CT molecular complexity index is 248. The normalized spacial score (nSPS) is 9.73. The monoisotopic (exact) mass is 152 g/mol. The minimum absolute atomic E-state index is 0.453. The molecule has 0 fully saturated rings. The van der Waals surface area contributed by atoms with E-state index >= 15 is 0 Å². The molecule has 0 aliphatic carbocycles. The smallest absolute Gasteiger partial charge is 0.151 e. The van der Waals surface area contributed by atoms with Crippen molar-refractivity contribution in [3.05, 3.63) is 29.3 Å². The molecule has 0 saturated heterocycles. The molecule has 11 heavy (non-hydrogen) atoms. The van der Waals surface area contributed by atoms with Crippen molar-refractivity contribution in [1.29, 1.82) is 0 Å². The first-order valence-corrected chi connectivity index (χ1v) is 3.44. The molecule has 0 amide bonds. The fourth-order valence-corrected chi connectivity index (χ4v) is 0.983. The highest BCUT2D eigenvalue weighted by molar-refractivity contribution is 5.36. The lowest BCUT2D eigenvalue weighted by Crippen LogP contribution is -2.07. The Morgan fingerprint density at radius 3 is 2.73 bits per heavy atom. The summed E-state index contributed by atoms with van der Waals surface area (Å²) < 4.78 is 0. The van der Waals surface area contributed by atoms with Crippen LogP contribution in [0.2, 0.25) is 0 Å². The van der Waals surface area contributed by atoms with E-state index in [9.17, 15) is 0 Å². The number of benzene rings is 1. The molecule has 0 aliphatic heterocycles. The van der Waals surface area contributed by atoms with Crippen LogP contribution >= 0.6 is 0 Å². The third kappa shape index (κ3) is 1.69. The molecule has 1 aromatic carbocycles. The van der Waals surface area contributed by atoms with Crippen molar-refractivity contribution in [2.45, 2.75) is 13.5 Å². The molecule has 4 N–H and O–H groups in total. The zero-order valence-electron chi connectivity index (χ0n) is 6.50. The molecule has 1 rings (SSSR count). The molecule has 60 valence electrons. The lowest BCUT2D eigenvalue weighted by atomic mass is 10.1. The third-order valence-electron chi connectivity index (χ3n) is 1.56. The van der Waals surface area contributed by atoms with Gasteiger partial charge in [-0.3, -0.25) is 0 Å². The van der Waals surface area contributed by atoms with Crippen molar-refractivity contribution < 1.29 is 4.84 Å². The van der Waals surface area contributed by atoms with Crippen molar-refractivity contribution in [1.82, 2.24) is 0 Å². The van der Waals surface area contributed by atoms with Crippen LogP contribution in [0, 0.1) is 6.92 Å². The van der Waals surface area contributed by atoms with Crippen LogP contribution in [0.15, 0.2) is 18.2 Å². The van der Waals surface area contributed by atoms with E-state index in [4.69, 9.17) is 11.6 Å². The Hall–Kier alpha value is -1.06. The maximum Gasteiger partial charge on any atom is 0.151 e. The summed E-state index contributed by atoms with van der Waals surface area (Å²) in [6.07, 6.45) is 0. The van der Waals surface area contributed by atoms with E-state index in [0.717, 1.165) is 11.1 Å². The molecule has 0 aromatic heterocycles. The summed E-state index contributed by atoms with van der Waals surface area (Å²) in [5, 5.41) is 0. The van der Waals surface area contributed by atoms with Gasteiger partial charge in [0.1, 0.15) is 0 Å². The van der Waals surface area contributed by atoms with E-state index < -0.39 is 0 Å². The highest BCUT2D eigenvalue weighted by atomic mass is 16.6. The largest absolute Gasteiger partial charge is 0.411 e. The van der Waals surface area contributed by atoms with E-state index in [1.807, 2.05) is 25.1 Å². The van der Waals surface area contributed by atoms with Crippen LogP contribution in [0.5, 0.6) is 5.75 Å². The molecule has 3 heteroatoms. The van der Waals surface area contributed by atoms with Gasteiger partial charge < -0.3 is 10.6 Å². The predicted octanol–water partition coefficient (Wildman–Crippen LogP) is 0.706. The summed E-state index contributed by atoms with van der Waals surface area (Å²) in [5.41, 5.74) is 7.56. The van der Waals surface area contributed by atoms with E-state index in [1.54, 1.807) is 0 Å². The van der Waals surface area contributed by atoms with Crippen LogP contribution in [-0.2, 0) is 6.54 Å². The lowest BCUT2D eigenvalue weighted by Gasteiger charge is -2.05. The van der Waals surface area contributed by atoms with Gasteiger partial charge in [-0.25, -0.2) is 0 Å². The highest BCUT2D eigenvalue weighted by Gasteiger charge is 1.99. The zero-order valence-corrected chi connectivity index (χ0v) is 6.50. The van der Waals surface area contributed by atoms with Gasteiger partial charge in [0, 0.05) is 12.1 Å².